The van der Waals surface area contributed by atoms with Crippen molar-refractivity contribution in [2.45, 2.75) is 71.3 Å². The van der Waals surface area contributed by atoms with Crippen LogP contribution >= 0.6 is 0 Å². The summed E-state index contributed by atoms with van der Waals surface area (Å²) in [6.45, 7) is 10.6. The fraction of sp³-hybridized carbons (Fsp3) is 0.708. The first-order chi connectivity index (χ1) is 14.0. The van der Waals surface area contributed by atoms with Gasteiger partial charge in [0.2, 0.25) is 0 Å². The first kappa shape index (κ1) is 23.7. The van der Waals surface area contributed by atoms with Crippen molar-refractivity contribution in [3.8, 4) is 5.75 Å². The summed E-state index contributed by atoms with van der Waals surface area (Å²) in [6, 6.07) is 7.61. The maximum absolute atomic E-state index is 12.7. The predicted octanol–water partition coefficient (Wildman–Crippen LogP) is 5.11. The number of rotatable bonds is 12. The number of nitrogens with one attached hydrogen (secondary N) is 1. The summed E-state index contributed by atoms with van der Waals surface area (Å²) < 4.78 is 11.4. The number of methoxy groups -OCH3 is 1. The van der Waals surface area contributed by atoms with E-state index in [4.69, 9.17) is 9.47 Å². The number of piperidine rings is 1. The molecule has 2 atom stereocenters. The molecule has 0 aliphatic carbocycles. The number of benzene rings is 1. The van der Waals surface area contributed by atoms with Gasteiger partial charge in [-0.15, -0.1) is 0 Å². The van der Waals surface area contributed by atoms with Crippen LogP contribution in [0, 0.1) is 5.92 Å². The van der Waals surface area contributed by atoms with E-state index in [0.717, 1.165) is 62.6 Å². The molecule has 0 aromatic heterocycles. The molecule has 0 bridgehead atoms. The Morgan fingerprint density at radius 1 is 1.24 bits per heavy atom. The van der Waals surface area contributed by atoms with Gasteiger partial charge in [-0.1, -0.05) is 33.1 Å². The van der Waals surface area contributed by atoms with Gasteiger partial charge in [-0.2, -0.15) is 0 Å². The second-order valence-electron chi connectivity index (χ2n) is 8.62. The summed E-state index contributed by atoms with van der Waals surface area (Å²) in [4.78, 5) is 15.2. The molecule has 1 aromatic rings. The van der Waals surface area contributed by atoms with Crippen LogP contribution in [0.1, 0.15) is 65.7 Å². The third-order valence-electron chi connectivity index (χ3n) is 5.93. The van der Waals surface area contributed by atoms with E-state index in [2.05, 4.69) is 24.1 Å². The zero-order chi connectivity index (χ0) is 21.1. The van der Waals surface area contributed by atoms with Crippen LogP contribution < -0.4 is 10.1 Å². The molecule has 29 heavy (non-hydrogen) atoms. The van der Waals surface area contributed by atoms with Gasteiger partial charge in [0.1, 0.15) is 11.4 Å². The monoisotopic (exact) mass is 404 g/mol. The number of unbranched alkanes of at least 4 members (excludes halogenated alkanes) is 2. The lowest BCUT2D eigenvalue weighted by Gasteiger charge is -2.30. The van der Waals surface area contributed by atoms with Gasteiger partial charge in [0.05, 0.1) is 6.61 Å². The van der Waals surface area contributed by atoms with Gasteiger partial charge in [0, 0.05) is 25.9 Å². The molecule has 5 nitrogen and oxygen atoms in total. The summed E-state index contributed by atoms with van der Waals surface area (Å²) in [6.07, 6.45) is 7.65. The quantitative estimate of drug-likeness (QED) is 0.492. The smallest absolute Gasteiger partial charge is 0.256 e. The summed E-state index contributed by atoms with van der Waals surface area (Å²) in [5.41, 5.74) is -0.0283. The Morgan fingerprint density at radius 3 is 2.66 bits per heavy atom. The Bertz CT molecular complexity index is 605. The number of hydrogen-bond acceptors (Lipinski definition) is 4. The fourth-order valence-corrected chi connectivity index (χ4v) is 3.89. The summed E-state index contributed by atoms with van der Waals surface area (Å²) in [5.74, 6) is 1.56. The fourth-order valence-electron chi connectivity index (χ4n) is 3.89. The average molecular weight is 405 g/mol. The van der Waals surface area contributed by atoms with Crippen molar-refractivity contribution in [2.24, 2.45) is 5.92 Å². The van der Waals surface area contributed by atoms with Crippen LogP contribution in [-0.2, 0) is 9.53 Å². The Morgan fingerprint density at radius 2 is 2.00 bits per heavy atom. The Labute approximate surface area is 177 Å². The molecule has 0 saturated carbocycles. The number of hydrogen-bond donors (Lipinski definition) is 1. The molecule has 1 heterocycles. The maximum Gasteiger partial charge on any atom is 0.256 e. The largest absolute Gasteiger partial charge is 0.494 e. The third-order valence-corrected chi connectivity index (χ3v) is 5.93. The topological polar surface area (TPSA) is 50.8 Å². The van der Waals surface area contributed by atoms with Crippen LogP contribution in [0.3, 0.4) is 0 Å². The molecule has 2 rings (SSSR count). The molecule has 1 aliphatic heterocycles. The second kappa shape index (κ2) is 12.2. The van der Waals surface area contributed by atoms with Crippen molar-refractivity contribution < 1.29 is 14.3 Å². The van der Waals surface area contributed by atoms with E-state index in [1.165, 1.54) is 25.9 Å². The van der Waals surface area contributed by atoms with Gasteiger partial charge in [0.25, 0.3) is 5.91 Å². The van der Waals surface area contributed by atoms with E-state index in [-0.39, 0.29) is 5.91 Å². The van der Waals surface area contributed by atoms with Gasteiger partial charge < -0.3 is 19.7 Å². The van der Waals surface area contributed by atoms with E-state index in [1.54, 1.807) is 7.11 Å². The van der Waals surface area contributed by atoms with Crippen LogP contribution in [0.4, 0.5) is 5.69 Å². The lowest BCUT2D eigenvalue weighted by molar-refractivity contribution is -0.136. The highest BCUT2D eigenvalue weighted by molar-refractivity contribution is 5.97. The van der Waals surface area contributed by atoms with Gasteiger partial charge in [-0.05, 0) is 69.3 Å². The number of amides is 1. The Balaban J connectivity index is 1.73. The van der Waals surface area contributed by atoms with Crippen LogP contribution in [0.15, 0.2) is 24.3 Å². The van der Waals surface area contributed by atoms with Crippen LogP contribution in [-0.4, -0.2) is 49.8 Å². The van der Waals surface area contributed by atoms with Crippen molar-refractivity contribution in [1.29, 1.82) is 0 Å². The average Bonchev–Trinajstić information content (AvgIpc) is 2.72. The van der Waals surface area contributed by atoms with E-state index in [0.29, 0.717) is 0 Å². The zero-order valence-electron chi connectivity index (χ0n) is 18.8. The predicted molar refractivity (Wildman–Crippen MR) is 120 cm³/mol. The van der Waals surface area contributed by atoms with E-state index in [9.17, 15) is 4.79 Å². The highest BCUT2D eigenvalue weighted by atomic mass is 16.5. The molecule has 1 amide bonds. The number of carbonyl (C=O) groups is 1. The summed E-state index contributed by atoms with van der Waals surface area (Å²) in [7, 11) is 1.60. The summed E-state index contributed by atoms with van der Waals surface area (Å²) in [5, 5.41) is 2.98. The van der Waals surface area contributed by atoms with Gasteiger partial charge in [-0.25, -0.2) is 0 Å². The first-order valence-electron chi connectivity index (χ1n) is 11.3. The van der Waals surface area contributed by atoms with E-state index >= 15 is 0 Å². The number of ether oxygens (including phenoxy) is 2. The van der Waals surface area contributed by atoms with Gasteiger partial charge in [0.15, 0.2) is 0 Å². The summed E-state index contributed by atoms with van der Waals surface area (Å²) >= 11 is 0. The van der Waals surface area contributed by atoms with E-state index < -0.39 is 5.60 Å². The lowest BCUT2D eigenvalue weighted by atomic mass is 9.97. The highest BCUT2D eigenvalue weighted by Gasteiger charge is 2.32. The maximum atomic E-state index is 12.7. The molecule has 164 valence electrons. The van der Waals surface area contributed by atoms with Crippen LogP contribution in [0.5, 0.6) is 5.75 Å². The minimum Gasteiger partial charge on any atom is -0.494 e. The molecule has 0 radical (unpaired) electrons. The van der Waals surface area contributed by atoms with Gasteiger partial charge >= 0.3 is 0 Å². The van der Waals surface area contributed by atoms with Crippen molar-refractivity contribution in [3.05, 3.63) is 24.3 Å². The van der Waals surface area contributed by atoms with E-state index in [1.807, 2.05) is 31.2 Å². The van der Waals surface area contributed by atoms with Gasteiger partial charge in [-0.3, -0.25) is 4.79 Å². The lowest BCUT2D eigenvalue weighted by Crippen LogP contribution is -2.41. The number of carbonyl (C=O) groups excluding carboxylic acids is 1. The molecular weight excluding hydrogens is 364 g/mol. The number of nitrogens with zero attached hydrogens (tertiary/aromatic N) is 1. The standard InChI is InChI=1S/C24H40N2O3/c1-5-6-7-15-24(3,28-4)23(27)25-21-11-13-22(14-12-21)29-18-9-17-26-16-8-10-20(2)19-26/h11-14,20H,5-10,15-19H2,1-4H3,(H,25,27)/t20-,24-/m0/s1. The molecule has 0 spiro atoms. The minimum atomic E-state index is -0.795. The first-order valence-corrected chi connectivity index (χ1v) is 11.3. The van der Waals surface area contributed by atoms with Crippen molar-refractivity contribution in [2.75, 3.05) is 38.7 Å². The number of likely N-dealkylation sites (tertiary alicyclic amines) is 1. The molecule has 1 aromatic carbocycles. The Hall–Kier alpha value is -1.59. The molecular formula is C24H40N2O3. The molecule has 1 aliphatic rings. The van der Waals surface area contributed by atoms with Crippen LogP contribution in [0.25, 0.3) is 0 Å². The molecule has 1 saturated heterocycles. The molecule has 5 heteroatoms. The second-order valence-corrected chi connectivity index (χ2v) is 8.62. The van der Waals surface area contributed by atoms with Crippen molar-refractivity contribution in [1.82, 2.24) is 4.90 Å². The SMILES string of the molecule is CCCCC[C@](C)(OC)C(=O)Nc1ccc(OCCCN2CCC[C@H](C)C2)cc1. The molecule has 1 N–H and O–H groups in total. The van der Waals surface area contributed by atoms with Crippen LogP contribution in [0.2, 0.25) is 0 Å². The minimum absolute atomic E-state index is 0.0967. The molecule has 1 fully saturated rings. The Kier molecular flexibility index (Phi) is 9.95. The third kappa shape index (κ3) is 7.98. The van der Waals surface area contributed by atoms with Crippen molar-refractivity contribution >= 4 is 11.6 Å². The van der Waals surface area contributed by atoms with Crippen molar-refractivity contribution in [3.63, 3.8) is 0 Å². The molecule has 0 unspecified atom stereocenters. The highest BCUT2D eigenvalue weighted by Crippen LogP contribution is 2.23. The number of anilines is 1. The zero-order valence-corrected chi connectivity index (χ0v) is 18.8. The normalized spacial score (nSPS) is 19.5.